The van der Waals surface area contributed by atoms with E-state index in [9.17, 15) is 4.79 Å². The topological polar surface area (TPSA) is 29.5 Å². The van der Waals surface area contributed by atoms with Crippen LogP contribution in [0.3, 0.4) is 0 Å². The van der Waals surface area contributed by atoms with Crippen molar-refractivity contribution in [3.05, 3.63) is 35.9 Å². The van der Waals surface area contributed by atoms with Crippen LogP contribution < -0.4 is 0 Å². The van der Waals surface area contributed by atoms with Crippen LogP contribution in [-0.2, 0) is 11.3 Å². The Hall–Kier alpha value is -1.73. The van der Waals surface area contributed by atoms with E-state index >= 15 is 0 Å². The van der Waals surface area contributed by atoms with Crippen molar-refractivity contribution in [3.63, 3.8) is 0 Å². The van der Waals surface area contributed by atoms with Crippen LogP contribution in [0.1, 0.15) is 32.3 Å². The van der Waals surface area contributed by atoms with E-state index in [4.69, 9.17) is 4.74 Å². The molecule has 1 amide bonds. The van der Waals surface area contributed by atoms with E-state index in [1.807, 2.05) is 30.0 Å². The van der Waals surface area contributed by atoms with Crippen molar-refractivity contribution in [2.45, 2.75) is 65.0 Å². The van der Waals surface area contributed by atoms with Crippen molar-refractivity contribution in [3.8, 4) is 11.5 Å². The maximum absolute atomic E-state index is 12.4. The molecular formula is C20H29NO2Si. The molecule has 1 aliphatic rings. The van der Waals surface area contributed by atoms with Gasteiger partial charge in [0.1, 0.15) is 14.2 Å². The third-order valence-electron chi connectivity index (χ3n) is 4.20. The number of carbonyl (C=O) groups excluding carboxylic acids is 1. The van der Waals surface area contributed by atoms with Crippen molar-refractivity contribution in [1.29, 1.82) is 0 Å². The summed E-state index contributed by atoms with van der Waals surface area (Å²) in [5.41, 5.74) is 4.63. The number of amides is 1. The number of carbonyl (C=O) groups is 1. The van der Waals surface area contributed by atoms with Crippen molar-refractivity contribution >= 4 is 14.2 Å². The van der Waals surface area contributed by atoms with E-state index in [2.05, 4.69) is 50.2 Å². The molecule has 0 bridgehead atoms. The van der Waals surface area contributed by atoms with Crippen LogP contribution in [0.25, 0.3) is 0 Å². The summed E-state index contributed by atoms with van der Waals surface area (Å²) in [5, 5.41) is 0. The van der Waals surface area contributed by atoms with Gasteiger partial charge in [-0.2, -0.15) is 0 Å². The highest BCUT2D eigenvalue weighted by Crippen LogP contribution is 2.29. The second kappa shape index (κ2) is 7.89. The SMILES string of the molecule is CCCC(C#C[Si](C)(C)C)[C@@H]1[C@H](C)OC(=O)N1Cc1ccccc1. The molecule has 24 heavy (non-hydrogen) atoms. The normalized spacial score (nSPS) is 21.9. The number of hydrogen-bond acceptors (Lipinski definition) is 2. The highest BCUT2D eigenvalue weighted by atomic mass is 28.3. The van der Waals surface area contributed by atoms with Crippen LogP contribution in [0.15, 0.2) is 30.3 Å². The van der Waals surface area contributed by atoms with Gasteiger partial charge in [-0.1, -0.05) is 63.3 Å². The molecule has 0 N–H and O–H groups in total. The Kier molecular flexibility index (Phi) is 6.12. The molecule has 0 radical (unpaired) electrons. The minimum atomic E-state index is -1.44. The summed E-state index contributed by atoms with van der Waals surface area (Å²) in [6.07, 6.45) is 1.72. The van der Waals surface area contributed by atoms with Gasteiger partial charge in [-0.3, -0.25) is 4.90 Å². The van der Waals surface area contributed by atoms with Gasteiger partial charge >= 0.3 is 6.09 Å². The van der Waals surface area contributed by atoms with E-state index in [1.54, 1.807) is 0 Å². The van der Waals surface area contributed by atoms with Crippen LogP contribution >= 0.6 is 0 Å². The Balaban J connectivity index is 2.27. The largest absolute Gasteiger partial charge is 0.444 e. The Morgan fingerprint density at radius 1 is 1.25 bits per heavy atom. The average Bonchev–Trinajstić information content (AvgIpc) is 2.78. The first-order chi connectivity index (χ1) is 11.3. The van der Waals surface area contributed by atoms with Crippen molar-refractivity contribution in [1.82, 2.24) is 4.90 Å². The Bertz CT molecular complexity index is 612. The molecule has 1 unspecified atom stereocenters. The summed E-state index contributed by atoms with van der Waals surface area (Å²) >= 11 is 0. The maximum Gasteiger partial charge on any atom is 0.410 e. The average molecular weight is 344 g/mol. The smallest absolute Gasteiger partial charge is 0.410 e. The first kappa shape index (κ1) is 18.6. The molecule has 0 saturated carbocycles. The molecular weight excluding hydrogens is 314 g/mol. The van der Waals surface area contributed by atoms with Crippen LogP contribution in [0.2, 0.25) is 19.6 Å². The number of benzene rings is 1. The lowest BCUT2D eigenvalue weighted by Crippen LogP contribution is -2.41. The lowest BCUT2D eigenvalue weighted by molar-refractivity contribution is 0.135. The quantitative estimate of drug-likeness (QED) is 0.573. The summed E-state index contributed by atoms with van der Waals surface area (Å²) in [6, 6.07) is 10.1. The van der Waals surface area contributed by atoms with Gasteiger partial charge in [0.2, 0.25) is 0 Å². The number of hydrogen-bond donors (Lipinski definition) is 0. The molecule has 0 aliphatic carbocycles. The lowest BCUT2D eigenvalue weighted by Gasteiger charge is -2.28. The van der Waals surface area contributed by atoms with Gasteiger partial charge in [-0.25, -0.2) is 4.79 Å². The fraction of sp³-hybridized carbons (Fsp3) is 0.550. The summed E-state index contributed by atoms with van der Waals surface area (Å²) in [6.45, 7) is 11.5. The maximum atomic E-state index is 12.4. The predicted octanol–water partition coefficient (Wildman–Crippen LogP) is 4.69. The molecule has 1 heterocycles. The number of cyclic esters (lactones) is 1. The predicted molar refractivity (Wildman–Crippen MR) is 101 cm³/mol. The van der Waals surface area contributed by atoms with E-state index < -0.39 is 8.07 Å². The minimum Gasteiger partial charge on any atom is -0.444 e. The zero-order valence-corrected chi connectivity index (χ0v) is 16.5. The summed E-state index contributed by atoms with van der Waals surface area (Å²) in [7, 11) is -1.44. The van der Waals surface area contributed by atoms with Gasteiger partial charge in [-0.05, 0) is 18.9 Å². The van der Waals surface area contributed by atoms with E-state index in [1.165, 1.54) is 0 Å². The molecule has 1 saturated heterocycles. The van der Waals surface area contributed by atoms with E-state index in [0.717, 1.165) is 18.4 Å². The second-order valence-electron chi connectivity index (χ2n) is 7.61. The van der Waals surface area contributed by atoms with E-state index in [-0.39, 0.29) is 24.2 Å². The summed E-state index contributed by atoms with van der Waals surface area (Å²) < 4.78 is 5.55. The molecule has 130 valence electrons. The Morgan fingerprint density at radius 3 is 2.50 bits per heavy atom. The highest BCUT2D eigenvalue weighted by Gasteiger charge is 2.42. The van der Waals surface area contributed by atoms with Gasteiger partial charge < -0.3 is 4.74 Å². The Morgan fingerprint density at radius 2 is 1.92 bits per heavy atom. The number of nitrogens with zero attached hydrogens (tertiary/aromatic N) is 1. The first-order valence-electron chi connectivity index (χ1n) is 8.85. The molecule has 2 rings (SSSR count). The molecule has 4 heteroatoms. The fourth-order valence-electron chi connectivity index (χ4n) is 3.11. The molecule has 1 aromatic carbocycles. The highest BCUT2D eigenvalue weighted by molar-refractivity contribution is 6.83. The van der Waals surface area contributed by atoms with Crippen molar-refractivity contribution < 1.29 is 9.53 Å². The van der Waals surface area contributed by atoms with E-state index in [0.29, 0.717) is 6.54 Å². The minimum absolute atomic E-state index is 0.0292. The zero-order chi connectivity index (χ0) is 17.7. The Labute approximate surface area is 147 Å². The number of ether oxygens (including phenoxy) is 1. The molecule has 1 aromatic rings. The molecule has 3 atom stereocenters. The van der Waals surface area contributed by atoms with Gasteiger partial charge in [0.25, 0.3) is 0 Å². The van der Waals surface area contributed by atoms with Crippen LogP contribution in [-0.4, -0.2) is 31.2 Å². The molecule has 0 spiro atoms. The number of rotatable bonds is 5. The standard InChI is InChI=1S/C20H29NO2Si/c1-6-10-18(13-14-24(3,4)5)19-16(2)23-20(22)21(19)15-17-11-8-7-9-12-17/h7-9,11-12,16,18-19H,6,10,15H2,1-5H3/t16-,18?,19-/m0/s1. The van der Waals surface area contributed by atoms with Gasteiger partial charge in [-0.15, -0.1) is 11.5 Å². The third-order valence-corrected chi connectivity index (χ3v) is 5.10. The van der Waals surface area contributed by atoms with Crippen molar-refractivity contribution in [2.24, 2.45) is 5.92 Å². The fourth-order valence-corrected chi connectivity index (χ4v) is 3.73. The van der Waals surface area contributed by atoms with Crippen molar-refractivity contribution in [2.75, 3.05) is 0 Å². The zero-order valence-electron chi connectivity index (χ0n) is 15.5. The van der Waals surface area contributed by atoms with Crippen LogP contribution in [0.4, 0.5) is 4.79 Å². The third kappa shape index (κ3) is 4.88. The van der Waals surface area contributed by atoms with Crippen LogP contribution in [0, 0.1) is 17.4 Å². The monoisotopic (exact) mass is 343 g/mol. The summed E-state index contributed by atoms with van der Waals surface area (Å²) in [5.74, 6) is 3.68. The van der Waals surface area contributed by atoms with Gasteiger partial charge in [0, 0.05) is 12.5 Å². The van der Waals surface area contributed by atoms with Crippen LogP contribution in [0.5, 0.6) is 0 Å². The molecule has 1 aliphatic heterocycles. The van der Waals surface area contributed by atoms with Gasteiger partial charge in [0.05, 0.1) is 6.04 Å². The first-order valence-corrected chi connectivity index (χ1v) is 12.4. The molecule has 0 aromatic heterocycles. The molecule has 1 fully saturated rings. The van der Waals surface area contributed by atoms with Gasteiger partial charge in [0.15, 0.2) is 0 Å². The second-order valence-corrected chi connectivity index (χ2v) is 12.4. The summed E-state index contributed by atoms with van der Waals surface area (Å²) in [4.78, 5) is 14.2. The molecule has 3 nitrogen and oxygen atoms in total. The lowest BCUT2D eigenvalue weighted by atomic mass is 9.91.